The normalized spacial score (nSPS) is 15.1. The van der Waals surface area contributed by atoms with Crippen molar-refractivity contribution in [2.24, 2.45) is 0 Å². The fraction of sp³-hybridized carbons (Fsp3) is 0.188. The van der Waals surface area contributed by atoms with Gasteiger partial charge in [-0.2, -0.15) is 0 Å². The van der Waals surface area contributed by atoms with Crippen LogP contribution in [0.15, 0.2) is 36.4 Å². The molecule has 1 unspecified atom stereocenters. The molecule has 112 valence electrons. The van der Waals surface area contributed by atoms with Crippen molar-refractivity contribution in [3.05, 3.63) is 58.9 Å². The largest absolute Gasteiger partial charge is 0.367 e. The number of aliphatic hydroxyl groups is 1. The van der Waals surface area contributed by atoms with Crippen LogP contribution in [0.3, 0.4) is 0 Å². The highest BCUT2D eigenvalue weighted by Gasteiger charge is 2.35. The van der Waals surface area contributed by atoms with Crippen molar-refractivity contribution in [3.63, 3.8) is 0 Å². The summed E-state index contributed by atoms with van der Waals surface area (Å²) < 4.78 is 1.40. The third kappa shape index (κ3) is 2.05. The van der Waals surface area contributed by atoms with Crippen LogP contribution >= 0.6 is 0 Å². The minimum atomic E-state index is -1.33. The van der Waals surface area contributed by atoms with Crippen molar-refractivity contribution in [2.75, 3.05) is 0 Å². The number of benzene rings is 1. The van der Waals surface area contributed by atoms with E-state index < -0.39 is 6.23 Å². The summed E-state index contributed by atoms with van der Waals surface area (Å²) in [5.41, 5.74) is 1.94. The number of hydrogen-bond acceptors (Lipinski definition) is 4. The molecule has 1 N–H and O–H groups in total. The summed E-state index contributed by atoms with van der Waals surface area (Å²) in [7, 11) is 0. The van der Waals surface area contributed by atoms with E-state index in [1.807, 2.05) is 0 Å². The maximum Gasteiger partial charge on any atom is 0.261 e. The molecule has 1 atom stereocenters. The second kappa shape index (κ2) is 5.23. The van der Waals surface area contributed by atoms with Gasteiger partial charge in [-0.25, -0.2) is 0 Å². The van der Waals surface area contributed by atoms with Gasteiger partial charge in [0.2, 0.25) is 0 Å². The summed E-state index contributed by atoms with van der Waals surface area (Å²) >= 11 is 0. The molecule has 1 aromatic heterocycles. The van der Waals surface area contributed by atoms with Crippen LogP contribution < -0.4 is 0 Å². The van der Waals surface area contributed by atoms with Crippen molar-refractivity contribution >= 4 is 18.1 Å². The molecule has 0 saturated carbocycles. The minimum Gasteiger partial charge on any atom is -0.367 e. The first-order chi connectivity index (χ1) is 10.5. The Morgan fingerprint density at radius 1 is 1.09 bits per heavy atom. The van der Waals surface area contributed by atoms with Crippen LogP contribution in [0.25, 0.3) is 0 Å². The molecule has 3 rings (SSSR count). The van der Waals surface area contributed by atoms with Crippen LogP contribution in [0.4, 0.5) is 0 Å². The lowest BCUT2D eigenvalue weighted by atomic mass is 10.1. The third-order valence-corrected chi connectivity index (χ3v) is 3.79. The lowest BCUT2D eigenvalue weighted by Crippen LogP contribution is -2.30. The van der Waals surface area contributed by atoms with Gasteiger partial charge in [0.1, 0.15) is 0 Å². The van der Waals surface area contributed by atoms with E-state index in [4.69, 9.17) is 0 Å². The molecule has 0 spiro atoms. The average molecular weight is 298 g/mol. The molecule has 0 bridgehead atoms. The fourth-order valence-electron chi connectivity index (χ4n) is 2.72. The molecule has 0 radical (unpaired) electrons. The van der Waals surface area contributed by atoms with Gasteiger partial charge in [0.15, 0.2) is 12.5 Å². The van der Waals surface area contributed by atoms with E-state index in [1.165, 1.54) is 4.57 Å². The zero-order valence-corrected chi connectivity index (χ0v) is 11.9. The monoisotopic (exact) mass is 298 g/mol. The van der Waals surface area contributed by atoms with Crippen molar-refractivity contribution in [1.29, 1.82) is 0 Å². The van der Waals surface area contributed by atoms with Gasteiger partial charge in [-0.05, 0) is 31.2 Å². The summed E-state index contributed by atoms with van der Waals surface area (Å²) in [6.45, 7) is 1.74. The van der Waals surface area contributed by atoms with E-state index in [2.05, 4.69) is 0 Å². The second-order valence-corrected chi connectivity index (χ2v) is 5.13. The zero-order chi connectivity index (χ0) is 15.9. The molecule has 6 heteroatoms. The van der Waals surface area contributed by atoms with E-state index >= 15 is 0 Å². The molecule has 2 aromatic rings. The van der Waals surface area contributed by atoms with Gasteiger partial charge >= 0.3 is 0 Å². The van der Waals surface area contributed by atoms with Crippen molar-refractivity contribution in [3.8, 4) is 0 Å². The lowest BCUT2D eigenvalue weighted by molar-refractivity contribution is -0.118. The molecule has 0 saturated heterocycles. The van der Waals surface area contributed by atoms with Crippen molar-refractivity contribution in [2.45, 2.75) is 19.7 Å². The highest BCUT2D eigenvalue weighted by Crippen LogP contribution is 2.25. The standard InChI is InChI=1S/C16H14N2O4/c1-10-6-7-11(18(10)14(20)9-19)8-17-15(21)12-4-2-3-5-13(12)16(17)22/h2-7,9,14,20H,8H2,1H3. The second-order valence-electron chi connectivity index (χ2n) is 5.13. The average Bonchev–Trinajstić information content (AvgIpc) is 3.01. The molecule has 1 aliphatic heterocycles. The van der Waals surface area contributed by atoms with Crippen LogP contribution in [-0.2, 0) is 11.3 Å². The molecule has 0 aliphatic carbocycles. The minimum absolute atomic E-state index is 0.00505. The lowest BCUT2D eigenvalue weighted by Gasteiger charge is -2.18. The van der Waals surface area contributed by atoms with Crippen LogP contribution in [0.5, 0.6) is 0 Å². The van der Waals surface area contributed by atoms with Gasteiger partial charge in [0.25, 0.3) is 11.8 Å². The van der Waals surface area contributed by atoms with E-state index in [0.29, 0.717) is 28.8 Å². The number of rotatable bonds is 4. The maximum absolute atomic E-state index is 12.3. The van der Waals surface area contributed by atoms with Gasteiger partial charge in [-0.1, -0.05) is 12.1 Å². The quantitative estimate of drug-likeness (QED) is 0.681. The van der Waals surface area contributed by atoms with E-state index in [0.717, 1.165) is 4.90 Å². The molecule has 22 heavy (non-hydrogen) atoms. The van der Waals surface area contributed by atoms with Crippen LogP contribution in [0, 0.1) is 6.92 Å². The zero-order valence-electron chi connectivity index (χ0n) is 11.9. The highest BCUT2D eigenvalue weighted by molar-refractivity contribution is 6.21. The van der Waals surface area contributed by atoms with Crippen LogP contribution in [-0.4, -0.2) is 32.7 Å². The first kappa shape index (κ1) is 14.2. The summed E-state index contributed by atoms with van der Waals surface area (Å²) in [6.07, 6.45) is -0.932. The Morgan fingerprint density at radius 3 is 2.23 bits per heavy atom. The molecule has 2 heterocycles. The third-order valence-electron chi connectivity index (χ3n) is 3.79. The number of imide groups is 1. The van der Waals surface area contributed by atoms with Gasteiger partial charge < -0.3 is 9.67 Å². The Bertz CT molecular complexity index is 743. The summed E-state index contributed by atoms with van der Waals surface area (Å²) in [4.78, 5) is 36.6. The first-order valence-electron chi connectivity index (χ1n) is 6.80. The SMILES string of the molecule is Cc1ccc(CN2C(=O)c3ccccc3C2=O)n1C(O)C=O. The van der Waals surface area contributed by atoms with Gasteiger partial charge in [0, 0.05) is 11.4 Å². The topological polar surface area (TPSA) is 79.6 Å². The Hall–Kier alpha value is -2.73. The number of aromatic nitrogens is 1. The molecular formula is C16H14N2O4. The summed E-state index contributed by atoms with van der Waals surface area (Å²) in [5, 5.41) is 9.77. The molecular weight excluding hydrogens is 284 g/mol. The fourth-order valence-corrected chi connectivity index (χ4v) is 2.72. The number of hydrogen-bond donors (Lipinski definition) is 1. The number of amides is 2. The molecule has 1 aliphatic rings. The van der Waals surface area contributed by atoms with Gasteiger partial charge in [-0.3, -0.25) is 19.3 Å². The molecule has 1 aromatic carbocycles. The maximum atomic E-state index is 12.3. The molecule has 6 nitrogen and oxygen atoms in total. The number of carbonyl (C=O) groups is 3. The number of carbonyl (C=O) groups excluding carboxylic acids is 3. The summed E-state index contributed by atoms with van der Waals surface area (Å²) in [6, 6.07) is 10.0. The van der Waals surface area contributed by atoms with Crippen LogP contribution in [0.1, 0.15) is 38.3 Å². The van der Waals surface area contributed by atoms with E-state index in [-0.39, 0.29) is 18.4 Å². The van der Waals surface area contributed by atoms with Crippen molar-refractivity contribution < 1.29 is 19.5 Å². The van der Waals surface area contributed by atoms with E-state index in [1.54, 1.807) is 43.3 Å². The van der Waals surface area contributed by atoms with Crippen LogP contribution in [0.2, 0.25) is 0 Å². The molecule has 0 fully saturated rings. The number of aryl methyl sites for hydroxylation is 1. The predicted molar refractivity (Wildman–Crippen MR) is 77.1 cm³/mol. The Kier molecular flexibility index (Phi) is 3.38. The summed E-state index contributed by atoms with van der Waals surface area (Å²) in [5.74, 6) is -0.738. The first-order valence-corrected chi connectivity index (χ1v) is 6.80. The Morgan fingerprint density at radius 2 is 1.68 bits per heavy atom. The van der Waals surface area contributed by atoms with Gasteiger partial charge in [-0.15, -0.1) is 0 Å². The number of nitrogens with zero attached hydrogens (tertiary/aromatic N) is 2. The van der Waals surface area contributed by atoms with Gasteiger partial charge in [0.05, 0.1) is 17.7 Å². The predicted octanol–water partition coefficient (Wildman–Crippen LogP) is 1.28. The van der Waals surface area contributed by atoms with Crippen molar-refractivity contribution in [1.82, 2.24) is 9.47 Å². The number of aldehydes is 1. The smallest absolute Gasteiger partial charge is 0.261 e. The Balaban J connectivity index is 1.95. The molecule has 2 amide bonds. The van der Waals surface area contributed by atoms with E-state index in [9.17, 15) is 19.5 Å². The highest BCUT2D eigenvalue weighted by atomic mass is 16.3. The number of aliphatic hydroxyl groups excluding tert-OH is 1. The number of fused-ring (bicyclic) bond motifs is 1. The Labute approximate surface area is 126 Å².